The van der Waals surface area contributed by atoms with Gasteiger partial charge in [0, 0.05) is 13.0 Å². The molecule has 0 bridgehead atoms. The molecule has 0 aliphatic carbocycles. The van der Waals surface area contributed by atoms with Gasteiger partial charge in [0.15, 0.2) is 6.10 Å². The average Bonchev–Trinajstić information content (AvgIpc) is 2.32. The van der Waals surface area contributed by atoms with Crippen molar-refractivity contribution in [3.8, 4) is 0 Å². The van der Waals surface area contributed by atoms with E-state index < -0.39 is 18.0 Å². The fourth-order valence-corrected chi connectivity index (χ4v) is 1.09. The molecular weight excluding hydrogens is 240 g/mol. The van der Waals surface area contributed by atoms with Gasteiger partial charge in [-0.25, -0.2) is 4.79 Å². The van der Waals surface area contributed by atoms with E-state index in [0.29, 0.717) is 19.3 Å². The van der Waals surface area contributed by atoms with E-state index >= 15 is 0 Å². The Balaban J connectivity index is 0. The van der Waals surface area contributed by atoms with Crippen molar-refractivity contribution < 1.29 is 30.0 Å². The molecule has 0 radical (unpaired) electrons. The third-order valence-electron chi connectivity index (χ3n) is 2.16. The molecule has 108 valence electrons. The Bertz CT molecular complexity index is 217. The molecule has 18 heavy (non-hydrogen) atoms. The number of hydrogen-bond donors (Lipinski definition) is 4. The second kappa shape index (κ2) is 13.9. The van der Waals surface area contributed by atoms with Gasteiger partial charge in [0.2, 0.25) is 0 Å². The molecule has 1 unspecified atom stereocenters. The second-order valence-electron chi connectivity index (χ2n) is 3.92. The molecule has 0 rings (SSSR count). The molecule has 4 N–H and O–H groups in total. The average molecular weight is 264 g/mol. The van der Waals surface area contributed by atoms with Crippen molar-refractivity contribution in [2.75, 3.05) is 6.61 Å². The summed E-state index contributed by atoms with van der Waals surface area (Å²) in [4.78, 5) is 19.9. The van der Waals surface area contributed by atoms with Crippen LogP contribution in [0.4, 0.5) is 0 Å². The lowest BCUT2D eigenvalue weighted by atomic mass is 10.2. The first kappa shape index (κ1) is 19.2. The van der Waals surface area contributed by atoms with Gasteiger partial charge in [-0.1, -0.05) is 26.2 Å². The Morgan fingerprint density at radius 2 is 1.67 bits per heavy atom. The molecule has 0 spiro atoms. The minimum Gasteiger partial charge on any atom is -0.481 e. The molecule has 0 aliphatic heterocycles. The highest BCUT2D eigenvalue weighted by atomic mass is 16.4. The van der Waals surface area contributed by atoms with Crippen LogP contribution < -0.4 is 0 Å². The number of carboxylic acids is 2. The van der Waals surface area contributed by atoms with Crippen LogP contribution in [0.3, 0.4) is 0 Å². The van der Waals surface area contributed by atoms with Crippen molar-refractivity contribution in [3.05, 3.63) is 0 Å². The minimum absolute atomic E-state index is 0.166. The number of hydrogen-bond acceptors (Lipinski definition) is 4. The zero-order valence-electron chi connectivity index (χ0n) is 10.8. The summed E-state index contributed by atoms with van der Waals surface area (Å²) in [6, 6.07) is 0. The number of rotatable bonds is 9. The van der Waals surface area contributed by atoms with Gasteiger partial charge in [0.1, 0.15) is 0 Å². The molecular formula is C12H24O6. The van der Waals surface area contributed by atoms with Crippen molar-refractivity contribution >= 4 is 11.9 Å². The molecule has 0 aromatic rings. The second-order valence-corrected chi connectivity index (χ2v) is 3.92. The Morgan fingerprint density at radius 1 is 1.06 bits per heavy atom. The molecule has 6 nitrogen and oxygen atoms in total. The van der Waals surface area contributed by atoms with Crippen LogP contribution in [0.15, 0.2) is 0 Å². The number of aliphatic hydroxyl groups excluding tert-OH is 2. The normalized spacial score (nSPS) is 11.3. The van der Waals surface area contributed by atoms with Gasteiger partial charge in [-0.2, -0.15) is 0 Å². The summed E-state index contributed by atoms with van der Waals surface area (Å²) < 4.78 is 0. The van der Waals surface area contributed by atoms with E-state index in [0.717, 1.165) is 19.3 Å². The lowest BCUT2D eigenvalue weighted by Gasteiger charge is -2.01. The third-order valence-corrected chi connectivity index (χ3v) is 2.16. The summed E-state index contributed by atoms with van der Waals surface area (Å²) in [6.07, 6.45) is 3.32. The summed E-state index contributed by atoms with van der Waals surface area (Å²) in [7, 11) is 0. The van der Waals surface area contributed by atoms with E-state index in [2.05, 4.69) is 0 Å². The Hall–Kier alpha value is -1.14. The van der Waals surface area contributed by atoms with Crippen molar-refractivity contribution in [2.24, 2.45) is 0 Å². The maximum Gasteiger partial charge on any atom is 0.332 e. The number of aliphatic hydroxyl groups is 2. The Kier molecular flexibility index (Phi) is 14.9. The maximum atomic E-state index is 9.96. The zero-order valence-corrected chi connectivity index (χ0v) is 10.8. The summed E-state index contributed by atoms with van der Waals surface area (Å²) >= 11 is 0. The number of unbranched alkanes of at least 4 members (excludes halogenated alkanes) is 3. The molecule has 0 aliphatic rings. The van der Waals surface area contributed by atoms with E-state index in [1.165, 1.54) is 0 Å². The van der Waals surface area contributed by atoms with Gasteiger partial charge in [-0.3, -0.25) is 4.79 Å². The van der Waals surface area contributed by atoms with Gasteiger partial charge >= 0.3 is 11.9 Å². The van der Waals surface area contributed by atoms with Crippen LogP contribution in [0.2, 0.25) is 0 Å². The largest absolute Gasteiger partial charge is 0.481 e. The van der Waals surface area contributed by atoms with E-state index in [4.69, 9.17) is 20.4 Å². The van der Waals surface area contributed by atoms with E-state index in [1.54, 1.807) is 0 Å². The highest BCUT2D eigenvalue weighted by Crippen LogP contribution is 1.99. The SMILES string of the molecule is CCCCC(O)C(=O)O.O=C(O)CCCCCO. The van der Waals surface area contributed by atoms with Crippen LogP contribution in [-0.2, 0) is 9.59 Å². The molecule has 0 saturated carbocycles. The molecule has 6 heteroatoms. The first-order valence-corrected chi connectivity index (χ1v) is 6.19. The predicted octanol–water partition coefficient (Wildman–Crippen LogP) is 1.25. The molecule has 0 amide bonds. The van der Waals surface area contributed by atoms with Crippen LogP contribution in [0, 0.1) is 0 Å². The highest BCUT2D eigenvalue weighted by molar-refractivity contribution is 5.71. The first-order valence-electron chi connectivity index (χ1n) is 6.19. The summed E-state index contributed by atoms with van der Waals surface area (Å²) in [6.45, 7) is 2.12. The lowest BCUT2D eigenvalue weighted by molar-refractivity contribution is -0.147. The molecule has 0 fully saturated rings. The quantitative estimate of drug-likeness (QED) is 0.466. The zero-order chi connectivity index (χ0) is 14.4. The Labute approximate surface area is 107 Å². The van der Waals surface area contributed by atoms with Gasteiger partial charge < -0.3 is 20.4 Å². The predicted molar refractivity (Wildman–Crippen MR) is 66.4 cm³/mol. The monoisotopic (exact) mass is 264 g/mol. The summed E-state index contributed by atoms with van der Waals surface area (Å²) in [5, 5.41) is 33.3. The summed E-state index contributed by atoms with van der Waals surface area (Å²) in [5.41, 5.74) is 0. The summed E-state index contributed by atoms with van der Waals surface area (Å²) in [5.74, 6) is -1.88. The van der Waals surface area contributed by atoms with Gasteiger partial charge in [0.25, 0.3) is 0 Å². The number of carbonyl (C=O) groups is 2. The first-order chi connectivity index (χ1) is 8.45. The van der Waals surface area contributed by atoms with Gasteiger partial charge in [0.05, 0.1) is 0 Å². The van der Waals surface area contributed by atoms with Crippen molar-refractivity contribution in [1.29, 1.82) is 0 Å². The van der Waals surface area contributed by atoms with Crippen molar-refractivity contribution in [3.63, 3.8) is 0 Å². The number of aliphatic carboxylic acids is 2. The smallest absolute Gasteiger partial charge is 0.332 e. The third kappa shape index (κ3) is 17.3. The molecule has 0 saturated heterocycles. The van der Waals surface area contributed by atoms with Crippen LogP contribution in [0.25, 0.3) is 0 Å². The highest BCUT2D eigenvalue weighted by Gasteiger charge is 2.10. The van der Waals surface area contributed by atoms with E-state index in [-0.39, 0.29) is 13.0 Å². The fourth-order valence-electron chi connectivity index (χ4n) is 1.09. The lowest BCUT2D eigenvalue weighted by Crippen LogP contribution is -2.18. The fraction of sp³-hybridized carbons (Fsp3) is 0.833. The molecule has 0 heterocycles. The van der Waals surface area contributed by atoms with Crippen LogP contribution in [0.5, 0.6) is 0 Å². The van der Waals surface area contributed by atoms with Crippen LogP contribution >= 0.6 is 0 Å². The van der Waals surface area contributed by atoms with Crippen molar-refractivity contribution in [2.45, 2.75) is 58.0 Å². The van der Waals surface area contributed by atoms with Crippen molar-refractivity contribution in [1.82, 2.24) is 0 Å². The van der Waals surface area contributed by atoms with Gasteiger partial charge in [-0.05, 0) is 19.3 Å². The maximum absolute atomic E-state index is 9.96. The molecule has 0 aromatic heterocycles. The van der Waals surface area contributed by atoms with Crippen LogP contribution in [-0.4, -0.2) is 45.1 Å². The number of carboxylic acid groups (broad SMARTS) is 2. The van der Waals surface area contributed by atoms with Crippen LogP contribution in [0.1, 0.15) is 51.9 Å². The molecule has 1 atom stereocenters. The molecule has 0 aromatic carbocycles. The topological polar surface area (TPSA) is 115 Å². The van der Waals surface area contributed by atoms with Gasteiger partial charge in [-0.15, -0.1) is 0 Å². The standard InChI is InChI=1S/2C6H12O3/c1-2-3-4-5(7)6(8)9;7-5-3-1-2-4-6(8)9/h5,7H,2-4H2,1H3,(H,8,9);7H,1-5H2,(H,8,9). The minimum atomic E-state index is -1.16. The Morgan fingerprint density at radius 3 is 2.06 bits per heavy atom. The van der Waals surface area contributed by atoms with E-state index in [9.17, 15) is 9.59 Å². The van der Waals surface area contributed by atoms with E-state index in [1.807, 2.05) is 6.92 Å².